The van der Waals surface area contributed by atoms with Crippen molar-refractivity contribution in [1.82, 2.24) is 0 Å². The van der Waals surface area contributed by atoms with Crippen molar-refractivity contribution < 1.29 is 14.5 Å². The van der Waals surface area contributed by atoms with Gasteiger partial charge in [0.1, 0.15) is 0 Å². The van der Waals surface area contributed by atoms with Gasteiger partial charge in [0.15, 0.2) is 0 Å². The molecule has 0 unspecified atom stereocenters. The average molecular weight is 413 g/mol. The van der Waals surface area contributed by atoms with E-state index in [4.69, 9.17) is 11.6 Å². The summed E-state index contributed by atoms with van der Waals surface area (Å²) in [6.45, 7) is 1.88. The maximum atomic E-state index is 12.0. The highest BCUT2D eigenvalue weighted by Crippen LogP contribution is 2.27. The lowest BCUT2D eigenvalue weighted by Gasteiger charge is -2.09. The third kappa shape index (κ3) is 4.30. The first kappa shape index (κ1) is 17.9. The molecule has 0 aliphatic heterocycles. The number of nitrogens with zero attached hydrogens (tertiary/aromatic N) is 1. The number of hydrogen-bond donors (Lipinski definition) is 2. The molecule has 0 aromatic heterocycles. The van der Waals surface area contributed by atoms with E-state index in [2.05, 4.69) is 26.6 Å². The van der Waals surface area contributed by atoms with Crippen LogP contribution in [0.3, 0.4) is 0 Å². The van der Waals surface area contributed by atoms with Gasteiger partial charge in [-0.15, -0.1) is 0 Å². The predicted octanol–water partition coefficient (Wildman–Crippen LogP) is 3.90. The first-order chi connectivity index (χ1) is 11.3. The topological polar surface area (TPSA) is 101 Å². The van der Waals surface area contributed by atoms with Gasteiger partial charge in [-0.2, -0.15) is 0 Å². The maximum Gasteiger partial charge on any atom is 0.314 e. The summed E-state index contributed by atoms with van der Waals surface area (Å²) in [5, 5.41) is 15.5. The van der Waals surface area contributed by atoms with Crippen molar-refractivity contribution in [1.29, 1.82) is 0 Å². The molecule has 7 nitrogen and oxygen atoms in total. The van der Waals surface area contributed by atoms with Crippen LogP contribution in [0.25, 0.3) is 0 Å². The van der Waals surface area contributed by atoms with Gasteiger partial charge < -0.3 is 10.6 Å². The average Bonchev–Trinajstić information content (AvgIpc) is 2.51. The standard InChI is InChI=1S/C15H11BrClN3O4/c1-8-2-5-12(10(16)6-8)18-14(21)15(22)19-13-7-9(20(23)24)3-4-11(13)17/h2-7H,1H3,(H,18,21)(H,19,22). The number of nitro groups is 1. The molecule has 2 aromatic carbocycles. The summed E-state index contributed by atoms with van der Waals surface area (Å²) < 4.78 is 0.622. The fourth-order valence-electron chi connectivity index (χ4n) is 1.80. The maximum absolute atomic E-state index is 12.0. The van der Waals surface area contributed by atoms with Gasteiger partial charge >= 0.3 is 11.8 Å². The monoisotopic (exact) mass is 411 g/mol. The van der Waals surface area contributed by atoms with Crippen LogP contribution in [-0.2, 0) is 9.59 Å². The van der Waals surface area contributed by atoms with Gasteiger partial charge in [0.2, 0.25) is 0 Å². The number of non-ortho nitro benzene ring substituents is 1. The second-order valence-corrected chi connectivity index (χ2v) is 6.07. The summed E-state index contributed by atoms with van der Waals surface area (Å²) in [4.78, 5) is 34.1. The van der Waals surface area contributed by atoms with E-state index in [9.17, 15) is 19.7 Å². The molecule has 124 valence electrons. The lowest BCUT2D eigenvalue weighted by molar-refractivity contribution is -0.384. The van der Waals surface area contributed by atoms with Crippen molar-refractivity contribution in [2.75, 3.05) is 10.6 Å². The molecule has 0 fully saturated rings. The second kappa shape index (κ2) is 7.41. The molecule has 0 spiro atoms. The van der Waals surface area contributed by atoms with E-state index >= 15 is 0 Å². The Morgan fingerprint density at radius 3 is 2.29 bits per heavy atom. The predicted molar refractivity (Wildman–Crippen MR) is 94.2 cm³/mol. The van der Waals surface area contributed by atoms with E-state index in [1.54, 1.807) is 18.2 Å². The van der Waals surface area contributed by atoms with Gasteiger partial charge in [-0.3, -0.25) is 19.7 Å². The lowest BCUT2D eigenvalue weighted by Crippen LogP contribution is -2.29. The quantitative estimate of drug-likeness (QED) is 0.453. The molecule has 2 aromatic rings. The summed E-state index contributed by atoms with van der Waals surface area (Å²) in [5.41, 5.74) is 1.13. The van der Waals surface area contributed by atoms with Gasteiger partial charge in [-0.25, -0.2) is 0 Å². The third-order valence-electron chi connectivity index (χ3n) is 2.99. The minimum absolute atomic E-state index is 0.0195. The molecule has 2 N–H and O–H groups in total. The van der Waals surface area contributed by atoms with Gasteiger partial charge in [-0.1, -0.05) is 17.7 Å². The molecule has 0 saturated heterocycles. The molecular formula is C15H11BrClN3O4. The van der Waals surface area contributed by atoms with E-state index in [0.29, 0.717) is 10.2 Å². The Balaban J connectivity index is 2.13. The molecule has 0 saturated carbocycles. The van der Waals surface area contributed by atoms with Gasteiger partial charge in [0, 0.05) is 16.6 Å². The lowest BCUT2D eigenvalue weighted by atomic mass is 10.2. The summed E-state index contributed by atoms with van der Waals surface area (Å²) in [5.74, 6) is -1.92. The highest BCUT2D eigenvalue weighted by molar-refractivity contribution is 9.10. The third-order valence-corrected chi connectivity index (χ3v) is 3.97. The van der Waals surface area contributed by atoms with Gasteiger partial charge in [0.05, 0.1) is 21.3 Å². The van der Waals surface area contributed by atoms with Crippen LogP contribution < -0.4 is 10.6 Å². The van der Waals surface area contributed by atoms with Crippen LogP contribution >= 0.6 is 27.5 Å². The number of rotatable bonds is 3. The number of benzene rings is 2. The fourth-order valence-corrected chi connectivity index (χ4v) is 2.56. The summed E-state index contributed by atoms with van der Waals surface area (Å²) in [6.07, 6.45) is 0. The highest BCUT2D eigenvalue weighted by atomic mass is 79.9. The van der Waals surface area contributed by atoms with Crippen LogP contribution in [0.5, 0.6) is 0 Å². The van der Waals surface area contributed by atoms with E-state index in [0.717, 1.165) is 11.6 Å². The number of amides is 2. The fraction of sp³-hybridized carbons (Fsp3) is 0.0667. The van der Waals surface area contributed by atoms with Gasteiger partial charge in [-0.05, 0) is 46.6 Å². The SMILES string of the molecule is Cc1ccc(NC(=O)C(=O)Nc2cc([N+](=O)[O-])ccc2Cl)c(Br)c1. The van der Waals surface area contributed by atoms with Crippen molar-refractivity contribution in [2.24, 2.45) is 0 Å². The van der Waals surface area contributed by atoms with E-state index in [1.807, 2.05) is 6.92 Å². The van der Waals surface area contributed by atoms with E-state index in [-0.39, 0.29) is 16.4 Å². The number of nitrogens with one attached hydrogen (secondary N) is 2. The first-order valence-corrected chi connectivity index (χ1v) is 7.77. The first-order valence-electron chi connectivity index (χ1n) is 6.60. The highest BCUT2D eigenvalue weighted by Gasteiger charge is 2.18. The molecule has 0 heterocycles. The molecule has 2 amide bonds. The summed E-state index contributed by atoms with van der Waals surface area (Å²) in [6, 6.07) is 8.74. The molecule has 0 aliphatic carbocycles. The van der Waals surface area contributed by atoms with Crippen molar-refractivity contribution >= 4 is 56.4 Å². The number of hydrogen-bond acceptors (Lipinski definition) is 4. The molecular weight excluding hydrogens is 402 g/mol. The number of halogens is 2. The number of carbonyl (C=O) groups excluding carboxylic acids is 2. The Kier molecular flexibility index (Phi) is 5.53. The molecule has 0 aliphatic rings. The number of anilines is 2. The zero-order chi connectivity index (χ0) is 17.9. The molecule has 0 radical (unpaired) electrons. The van der Waals surface area contributed by atoms with Crippen molar-refractivity contribution in [3.05, 3.63) is 61.6 Å². The van der Waals surface area contributed by atoms with Crippen molar-refractivity contribution in [2.45, 2.75) is 6.92 Å². The molecule has 9 heteroatoms. The Morgan fingerprint density at radius 2 is 1.71 bits per heavy atom. The molecule has 2 rings (SSSR count). The van der Waals surface area contributed by atoms with Gasteiger partial charge in [0.25, 0.3) is 5.69 Å². The zero-order valence-electron chi connectivity index (χ0n) is 12.3. The second-order valence-electron chi connectivity index (χ2n) is 4.81. The normalized spacial score (nSPS) is 10.1. The van der Waals surface area contributed by atoms with Crippen LogP contribution in [-0.4, -0.2) is 16.7 Å². The Morgan fingerprint density at radius 1 is 1.08 bits per heavy atom. The van der Waals surface area contributed by atoms with E-state index < -0.39 is 16.7 Å². The van der Waals surface area contributed by atoms with Crippen LogP contribution in [0.15, 0.2) is 40.9 Å². The molecule has 24 heavy (non-hydrogen) atoms. The van der Waals surface area contributed by atoms with Crippen LogP contribution in [0, 0.1) is 17.0 Å². The molecule has 0 bridgehead atoms. The number of carbonyl (C=O) groups is 2. The summed E-state index contributed by atoms with van der Waals surface area (Å²) >= 11 is 9.16. The Bertz CT molecular complexity index is 841. The Hall–Kier alpha value is -2.45. The van der Waals surface area contributed by atoms with Crippen LogP contribution in [0.2, 0.25) is 5.02 Å². The minimum atomic E-state index is -0.995. The minimum Gasteiger partial charge on any atom is -0.317 e. The molecule has 0 atom stereocenters. The summed E-state index contributed by atoms with van der Waals surface area (Å²) in [7, 11) is 0. The number of aryl methyl sites for hydroxylation is 1. The van der Waals surface area contributed by atoms with Crippen LogP contribution in [0.4, 0.5) is 17.1 Å². The van der Waals surface area contributed by atoms with E-state index in [1.165, 1.54) is 12.1 Å². The zero-order valence-corrected chi connectivity index (χ0v) is 14.6. The largest absolute Gasteiger partial charge is 0.317 e. The Labute approximate surface area is 150 Å². The number of nitro benzene ring substituents is 1. The van der Waals surface area contributed by atoms with Crippen molar-refractivity contribution in [3.8, 4) is 0 Å². The smallest absolute Gasteiger partial charge is 0.314 e. The van der Waals surface area contributed by atoms with Crippen LogP contribution in [0.1, 0.15) is 5.56 Å². The van der Waals surface area contributed by atoms with Crippen molar-refractivity contribution in [3.63, 3.8) is 0 Å².